The minimum Gasteiger partial charge on any atom is -0.409 e. The van der Waals surface area contributed by atoms with Crippen LogP contribution in [0.4, 0.5) is 0 Å². The van der Waals surface area contributed by atoms with E-state index in [0.29, 0.717) is 12.7 Å². The fourth-order valence-corrected chi connectivity index (χ4v) is 3.86. The Hall–Kier alpha value is 0.0569. The molecule has 4 atom stereocenters. The van der Waals surface area contributed by atoms with E-state index in [1.807, 2.05) is 0 Å². The van der Waals surface area contributed by atoms with E-state index in [2.05, 4.69) is 47.7 Å². The number of hydrogen-bond acceptors (Lipinski definition) is 4. The van der Waals surface area contributed by atoms with Crippen LogP contribution in [-0.4, -0.2) is 47.1 Å². The van der Waals surface area contributed by atoms with Crippen molar-refractivity contribution in [3.05, 3.63) is 0 Å². The minimum atomic E-state index is -1.87. The molecule has 0 aromatic heterocycles. The monoisotopic (exact) mass is 346 g/mol. The van der Waals surface area contributed by atoms with Crippen LogP contribution < -0.4 is 0 Å². The molecule has 5 heteroatoms. The van der Waals surface area contributed by atoms with Crippen molar-refractivity contribution in [2.75, 3.05) is 20.5 Å². The van der Waals surface area contributed by atoms with Gasteiger partial charge in [0.1, 0.15) is 12.9 Å². The number of ether oxygens (including phenoxy) is 3. The average Bonchev–Trinajstić information content (AvgIpc) is 3.27. The van der Waals surface area contributed by atoms with Crippen LogP contribution in [0.5, 0.6) is 0 Å². The second-order valence-corrected chi connectivity index (χ2v) is 13.1. The second-order valence-electron chi connectivity index (χ2n) is 8.37. The zero-order valence-corrected chi connectivity index (χ0v) is 17.5. The molecular weight excluding hydrogens is 308 g/mol. The topological polar surface area (TPSA) is 40.2 Å². The van der Waals surface area contributed by atoms with Crippen molar-refractivity contribution in [3.8, 4) is 0 Å². The molecule has 0 N–H and O–H groups in total. The lowest BCUT2D eigenvalue weighted by Crippen LogP contribution is -2.51. The maximum absolute atomic E-state index is 6.72. The van der Waals surface area contributed by atoms with Crippen LogP contribution in [0, 0.1) is 5.92 Å². The number of unbranched alkanes of at least 4 members (excludes halogenated alkanes) is 1. The van der Waals surface area contributed by atoms with Crippen LogP contribution in [-0.2, 0) is 18.6 Å². The summed E-state index contributed by atoms with van der Waals surface area (Å²) in [5, 5.41) is 0.179. The summed E-state index contributed by atoms with van der Waals surface area (Å²) in [5.41, 5.74) is 0. The summed E-state index contributed by atoms with van der Waals surface area (Å²) < 4.78 is 23.6. The third kappa shape index (κ3) is 6.46. The Morgan fingerprint density at radius 3 is 2.30 bits per heavy atom. The van der Waals surface area contributed by atoms with Crippen molar-refractivity contribution in [1.82, 2.24) is 0 Å². The summed E-state index contributed by atoms with van der Waals surface area (Å²) in [6.45, 7) is 17.0. The molecule has 0 aliphatic carbocycles. The van der Waals surface area contributed by atoms with Gasteiger partial charge < -0.3 is 18.6 Å². The van der Waals surface area contributed by atoms with E-state index in [1.54, 1.807) is 7.11 Å². The zero-order valence-electron chi connectivity index (χ0n) is 16.5. The van der Waals surface area contributed by atoms with Crippen molar-refractivity contribution in [3.63, 3.8) is 0 Å². The minimum absolute atomic E-state index is 0.0119. The van der Waals surface area contributed by atoms with E-state index in [4.69, 9.17) is 18.6 Å². The summed E-state index contributed by atoms with van der Waals surface area (Å²) in [5.74, 6) is 0.434. The molecule has 1 fully saturated rings. The lowest BCUT2D eigenvalue weighted by molar-refractivity contribution is -0.132. The first-order valence-electron chi connectivity index (χ1n) is 9.04. The van der Waals surface area contributed by atoms with Crippen molar-refractivity contribution in [1.29, 1.82) is 0 Å². The Morgan fingerprint density at radius 2 is 1.87 bits per heavy atom. The third-order valence-corrected chi connectivity index (χ3v) is 9.71. The smallest absolute Gasteiger partial charge is 0.192 e. The predicted octanol–water partition coefficient (Wildman–Crippen LogP) is 4.59. The second kappa shape index (κ2) is 8.95. The Labute approximate surface area is 144 Å². The van der Waals surface area contributed by atoms with E-state index in [9.17, 15) is 0 Å². The highest BCUT2D eigenvalue weighted by molar-refractivity contribution is 6.74. The van der Waals surface area contributed by atoms with Gasteiger partial charge in [0, 0.05) is 7.11 Å². The standard InChI is InChI=1S/C18H38O4Si/c1-9-10-11-14(2)16(21-13-19-6)17(15-12-20-15)22-23(7,8)18(3,4)5/h14-17H,9-13H2,1-8H3/t14-,15?,16+,17+/m0/s1. The molecule has 0 spiro atoms. The van der Waals surface area contributed by atoms with Gasteiger partial charge in [0.25, 0.3) is 0 Å². The van der Waals surface area contributed by atoms with Crippen molar-refractivity contribution in [2.45, 2.75) is 90.3 Å². The Bertz CT molecular complexity index is 336. The van der Waals surface area contributed by atoms with Gasteiger partial charge >= 0.3 is 0 Å². The van der Waals surface area contributed by atoms with Crippen molar-refractivity contribution < 1.29 is 18.6 Å². The molecule has 1 aliphatic rings. The molecule has 138 valence electrons. The van der Waals surface area contributed by atoms with Gasteiger partial charge in [0.05, 0.1) is 18.8 Å². The van der Waals surface area contributed by atoms with Gasteiger partial charge in [0.2, 0.25) is 0 Å². The fraction of sp³-hybridized carbons (Fsp3) is 1.00. The van der Waals surface area contributed by atoms with E-state index in [-0.39, 0.29) is 23.4 Å². The van der Waals surface area contributed by atoms with Gasteiger partial charge in [-0.3, -0.25) is 0 Å². The van der Waals surface area contributed by atoms with Crippen molar-refractivity contribution >= 4 is 8.32 Å². The summed E-state index contributed by atoms with van der Waals surface area (Å²) in [7, 11) is -0.199. The zero-order chi connectivity index (χ0) is 17.7. The van der Waals surface area contributed by atoms with E-state index < -0.39 is 8.32 Å². The van der Waals surface area contributed by atoms with Crippen LogP contribution in [0.1, 0.15) is 53.9 Å². The summed E-state index contributed by atoms with van der Waals surface area (Å²) >= 11 is 0. The lowest BCUT2D eigenvalue weighted by Gasteiger charge is -2.42. The Balaban J connectivity index is 2.87. The number of hydrogen-bond donors (Lipinski definition) is 0. The van der Waals surface area contributed by atoms with Gasteiger partial charge in [-0.25, -0.2) is 0 Å². The van der Waals surface area contributed by atoms with Gasteiger partial charge in [0.15, 0.2) is 8.32 Å². The maximum atomic E-state index is 6.72. The highest BCUT2D eigenvalue weighted by Gasteiger charge is 2.48. The fourth-order valence-electron chi connectivity index (χ4n) is 2.54. The van der Waals surface area contributed by atoms with Crippen molar-refractivity contribution in [2.24, 2.45) is 5.92 Å². The molecule has 1 aliphatic heterocycles. The molecule has 1 rings (SSSR count). The summed E-state index contributed by atoms with van der Waals surface area (Å²) in [6.07, 6.45) is 3.78. The molecule has 0 aromatic carbocycles. The molecule has 1 saturated heterocycles. The van der Waals surface area contributed by atoms with E-state index in [0.717, 1.165) is 13.0 Å². The molecule has 1 heterocycles. The van der Waals surface area contributed by atoms with E-state index in [1.165, 1.54) is 12.8 Å². The SMILES string of the molecule is CCCC[C@H](C)[C@@H](OCOC)[C@H](O[Si](C)(C)C(C)(C)C)C1CO1. The molecular formula is C18H38O4Si. The molecule has 4 nitrogen and oxygen atoms in total. The first-order chi connectivity index (χ1) is 10.6. The van der Waals surface area contributed by atoms with E-state index >= 15 is 0 Å². The van der Waals surface area contributed by atoms with Crippen LogP contribution in [0.15, 0.2) is 0 Å². The van der Waals surface area contributed by atoms with Gasteiger partial charge in [-0.15, -0.1) is 0 Å². The summed E-state index contributed by atoms with van der Waals surface area (Å²) in [6, 6.07) is 0. The predicted molar refractivity (Wildman–Crippen MR) is 97.2 cm³/mol. The Morgan fingerprint density at radius 1 is 1.26 bits per heavy atom. The molecule has 0 saturated carbocycles. The summed E-state index contributed by atoms with van der Waals surface area (Å²) in [4.78, 5) is 0. The normalized spacial score (nSPS) is 22.7. The number of methoxy groups -OCH3 is 1. The molecule has 0 bridgehead atoms. The largest absolute Gasteiger partial charge is 0.409 e. The molecule has 1 unspecified atom stereocenters. The Kier molecular flexibility index (Phi) is 8.21. The average molecular weight is 347 g/mol. The first-order valence-corrected chi connectivity index (χ1v) is 11.9. The van der Waals surface area contributed by atoms with Gasteiger partial charge in [-0.2, -0.15) is 0 Å². The molecule has 23 heavy (non-hydrogen) atoms. The quantitative estimate of drug-likeness (QED) is 0.312. The third-order valence-electron chi connectivity index (χ3n) is 5.24. The van der Waals surface area contributed by atoms with Gasteiger partial charge in [-0.05, 0) is 30.5 Å². The lowest BCUT2D eigenvalue weighted by atomic mass is 9.93. The maximum Gasteiger partial charge on any atom is 0.192 e. The molecule has 0 amide bonds. The molecule has 0 aromatic rings. The number of rotatable bonds is 11. The van der Waals surface area contributed by atoms with Gasteiger partial charge in [-0.1, -0.05) is 47.5 Å². The van der Waals surface area contributed by atoms with Crippen LogP contribution in [0.3, 0.4) is 0 Å². The van der Waals surface area contributed by atoms with Crippen LogP contribution in [0.2, 0.25) is 18.1 Å². The van der Waals surface area contributed by atoms with Crippen LogP contribution >= 0.6 is 0 Å². The highest BCUT2D eigenvalue weighted by atomic mass is 28.4. The molecule has 0 radical (unpaired) electrons. The highest BCUT2D eigenvalue weighted by Crippen LogP contribution is 2.40. The first kappa shape index (κ1) is 21.1. The van der Waals surface area contributed by atoms with Crippen LogP contribution in [0.25, 0.3) is 0 Å². The number of epoxide rings is 1.